The molecule has 1 aliphatic heterocycles. The van der Waals surface area contributed by atoms with E-state index in [2.05, 4.69) is 0 Å². The third-order valence-electron chi connectivity index (χ3n) is 3.93. The van der Waals surface area contributed by atoms with Gasteiger partial charge in [-0.15, -0.1) is 0 Å². The molecular formula is C19H21NO3. The second-order valence-corrected chi connectivity index (χ2v) is 5.56. The Morgan fingerprint density at radius 2 is 1.91 bits per heavy atom. The Kier molecular flexibility index (Phi) is 4.93. The lowest BCUT2D eigenvalue weighted by atomic mass is 10.1. The lowest BCUT2D eigenvalue weighted by Crippen LogP contribution is -2.29. The number of carbonyl (C=O) groups excluding carboxylic acids is 1. The summed E-state index contributed by atoms with van der Waals surface area (Å²) in [6, 6.07) is 17.7. The molecule has 4 nitrogen and oxygen atoms in total. The molecule has 0 N–H and O–H groups in total. The van der Waals surface area contributed by atoms with Crippen LogP contribution in [0.25, 0.3) is 0 Å². The van der Waals surface area contributed by atoms with Gasteiger partial charge < -0.3 is 14.4 Å². The second-order valence-electron chi connectivity index (χ2n) is 5.56. The van der Waals surface area contributed by atoms with E-state index in [0.717, 1.165) is 16.9 Å². The van der Waals surface area contributed by atoms with E-state index in [1.165, 1.54) is 0 Å². The summed E-state index contributed by atoms with van der Waals surface area (Å²) >= 11 is 0. The lowest BCUT2D eigenvalue weighted by Gasteiger charge is -2.14. The number of rotatable bonds is 5. The van der Waals surface area contributed by atoms with Gasteiger partial charge in [-0.3, -0.25) is 4.79 Å². The molecule has 120 valence electrons. The molecule has 1 amide bonds. The molecule has 4 heteroatoms. The zero-order valence-electron chi connectivity index (χ0n) is 13.3. The Labute approximate surface area is 136 Å². The predicted octanol–water partition coefficient (Wildman–Crippen LogP) is 3.19. The average molecular weight is 311 g/mol. The first kappa shape index (κ1) is 15.6. The van der Waals surface area contributed by atoms with E-state index in [1.54, 1.807) is 4.90 Å². The summed E-state index contributed by atoms with van der Waals surface area (Å²) in [4.78, 5) is 14.2. The zero-order valence-corrected chi connectivity index (χ0v) is 13.3. The molecule has 0 spiro atoms. The Morgan fingerprint density at radius 1 is 1.17 bits per heavy atom. The Balaban J connectivity index is 1.57. The lowest BCUT2D eigenvalue weighted by molar-refractivity contribution is -0.130. The maximum Gasteiger partial charge on any atom is 0.228 e. The number of amides is 1. The fraction of sp³-hybridized carbons (Fsp3) is 0.316. The molecule has 0 radical (unpaired) electrons. The molecule has 0 aromatic heterocycles. The summed E-state index contributed by atoms with van der Waals surface area (Å²) in [6.07, 6.45) is 0.359. The molecule has 1 saturated heterocycles. The van der Waals surface area contributed by atoms with Gasteiger partial charge in [0.05, 0.1) is 19.6 Å². The first-order chi connectivity index (χ1) is 11.3. The number of ether oxygens (including phenoxy) is 2. The molecule has 3 rings (SSSR count). The van der Waals surface area contributed by atoms with E-state index >= 15 is 0 Å². The van der Waals surface area contributed by atoms with Gasteiger partial charge in [0.25, 0.3) is 0 Å². The molecule has 2 aromatic rings. The van der Waals surface area contributed by atoms with Crippen molar-refractivity contribution in [3.63, 3.8) is 0 Å². The van der Waals surface area contributed by atoms with Crippen LogP contribution in [0.5, 0.6) is 5.75 Å². The van der Waals surface area contributed by atoms with Crippen LogP contribution in [-0.4, -0.2) is 30.7 Å². The minimum atomic E-state index is -0.0273. The van der Waals surface area contributed by atoms with Gasteiger partial charge in [-0.05, 0) is 30.2 Å². The van der Waals surface area contributed by atoms with Crippen LogP contribution in [0, 0.1) is 0 Å². The highest BCUT2D eigenvalue weighted by atomic mass is 16.5. The van der Waals surface area contributed by atoms with Crippen molar-refractivity contribution in [2.24, 2.45) is 0 Å². The first-order valence-electron chi connectivity index (χ1n) is 7.92. The summed E-state index contributed by atoms with van der Waals surface area (Å²) in [5, 5.41) is 0. The Morgan fingerprint density at radius 3 is 2.61 bits per heavy atom. The number of benzene rings is 2. The topological polar surface area (TPSA) is 38.8 Å². The summed E-state index contributed by atoms with van der Waals surface area (Å²) in [7, 11) is 0. The largest absolute Gasteiger partial charge is 0.494 e. The van der Waals surface area contributed by atoms with E-state index in [1.807, 2.05) is 61.5 Å². The number of hydrogen-bond acceptors (Lipinski definition) is 3. The number of hydrogen-bond donors (Lipinski definition) is 0. The van der Waals surface area contributed by atoms with E-state index in [9.17, 15) is 4.79 Å². The highest BCUT2D eigenvalue weighted by Gasteiger charge is 2.27. The van der Waals surface area contributed by atoms with Crippen molar-refractivity contribution in [2.45, 2.75) is 19.4 Å². The van der Waals surface area contributed by atoms with Crippen molar-refractivity contribution in [3.8, 4) is 5.75 Å². The van der Waals surface area contributed by atoms with Crippen LogP contribution in [0.15, 0.2) is 54.6 Å². The number of carbonyl (C=O) groups is 1. The molecule has 1 fully saturated rings. The zero-order chi connectivity index (χ0) is 16.1. The molecule has 1 heterocycles. The summed E-state index contributed by atoms with van der Waals surface area (Å²) in [6.45, 7) is 3.56. The van der Waals surface area contributed by atoms with Crippen molar-refractivity contribution >= 4 is 5.91 Å². The minimum absolute atomic E-state index is 0.0273. The monoisotopic (exact) mass is 311 g/mol. The molecule has 23 heavy (non-hydrogen) atoms. The van der Waals surface area contributed by atoms with Crippen LogP contribution in [0.1, 0.15) is 24.2 Å². The molecule has 0 aliphatic carbocycles. The summed E-state index contributed by atoms with van der Waals surface area (Å²) in [5.74, 6) is 0.921. The van der Waals surface area contributed by atoms with Gasteiger partial charge in [0.15, 0.2) is 0 Å². The van der Waals surface area contributed by atoms with Crippen molar-refractivity contribution in [1.29, 1.82) is 0 Å². The normalized spacial score (nSPS) is 17.3. The van der Waals surface area contributed by atoms with Gasteiger partial charge in [-0.2, -0.15) is 0 Å². The fourth-order valence-electron chi connectivity index (χ4n) is 2.69. The SMILES string of the molecule is CCOc1ccc(CC(=O)N2COC(c3ccccc3)C2)cc1. The highest BCUT2D eigenvalue weighted by molar-refractivity contribution is 5.79. The van der Waals surface area contributed by atoms with Crippen molar-refractivity contribution in [3.05, 3.63) is 65.7 Å². The van der Waals surface area contributed by atoms with Crippen molar-refractivity contribution in [1.82, 2.24) is 4.90 Å². The quantitative estimate of drug-likeness (QED) is 0.851. The van der Waals surface area contributed by atoms with Crippen LogP contribution in [-0.2, 0) is 16.0 Å². The van der Waals surface area contributed by atoms with Gasteiger partial charge in [0, 0.05) is 0 Å². The molecule has 1 atom stereocenters. The van der Waals surface area contributed by atoms with Crippen LogP contribution >= 0.6 is 0 Å². The molecule has 2 aromatic carbocycles. The number of nitrogens with zero attached hydrogens (tertiary/aromatic N) is 1. The van der Waals surface area contributed by atoms with Crippen LogP contribution in [0.3, 0.4) is 0 Å². The van der Waals surface area contributed by atoms with Crippen molar-refractivity contribution in [2.75, 3.05) is 19.9 Å². The summed E-state index contributed by atoms with van der Waals surface area (Å²) in [5.41, 5.74) is 2.10. The molecule has 0 saturated carbocycles. The predicted molar refractivity (Wildman–Crippen MR) is 88.2 cm³/mol. The third-order valence-corrected chi connectivity index (χ3v) is 3.93. The van der Waals surface area contributed by atoms with Crippen LogP contribution in [0.4, 0.5) is 0 Å². The summed E-state index contributed by atoms with van der Waals surface area (Å²) < 4.78 is 11.2. The van der Waals surface area contributed by atoms with E-state index in [0.29, 0.717) is 26.3 Å². The Hall–Kier alpha value is -2.33. The standard InChI is InChI=1S/C19H21NO3/c1-2-22-17-10-8-15(9-11-17)12-19(21)20-13-18(23-14-20)16-6-4-3-5-7-16/h3-11,18H,2,12-14H2,1H3. The maximum atomic E-state index is 12.4. The Bertz CT molecular complexity index is 639. The smallest absolute Gasteiger partial charge is 0.228 e. The van der Waals surface area contributed by atoms with E-state index < -0.39 is 0 Å². The van der Waals surface area contributed by atoms with Gasteiger partial charge in [0.2, 0.25) is 5.91 Å². The first-order valence-corrected chi connectivity index (χ1v) is 7.92. The highest BCUT2D eigenvalue weighted by Crippen LogP contribution is 2.24. The maximum absolute atomic E-state index is 12.4. The fourth-order valence-corrected chi connectivity index (χ4v) is 2.69. The van der Waals surface area contributed by atoms with Gasteiger partial charge in [-0.1, -0.05) is 42.5 Å². The van der Waals surface area contributed by atoms with Crippen LogP contribution in [0.2, 0.25) is 0 Å². The molecule has 1 unspecified atom stereocenters. The van der Waals surface area contributed by atoms with Gasteiger partial charge in [0.1, 0.15) is 18.6 Å². The average Bonchev–Trinajstić information content (AvgIpc) is 3.08. The van der Waals surface area contributed by atoms with Gasteiger partial charge in [-0.25, -0.2) is 0 Å². The molecule has 1 aliphatic rings. The van der Waals surface area contributed by atoms with E-state index in [4.69, 9.17) is 9.47 Å². The van der Waals surface area contributed by atoms with Crippen molar-refractivity contribution < 1.29 is 14.3 Å². The minimum Gasteiger partial charge on any atom is -0.494 e. The second kappa shape index (κ2) is 7.29. The third kappa shape index (κ3) is 3.90. The van der Waals surface area contributed by atoms with Crippen LogP contribution < -0.4 is 4.74 Å². The van der Waals surface area contributed by atoms with Gasteiger partial charge >= 0.3 is 0 Å². The molecule has 0 bridgehead atoms. The molecular weight excluding hydrogens is 290 g/mol. The van der Waals surface area contributed by atoms with E-state index in [-0.39, 0.29) is 12.0 Å².